The Bertz CT molecular complexity index is 456. The second kappa shape index (κ2) is 5.65. The van der Waals surface area contributed by atoms with Gasteiger partial charge in [0, 0.05) is 25.8 Å². The van der Waals surface area contributed by atoms with Gasteiger partial charge in [-0.15, -0.1) is 0 Å². The molecule has 1 aliphatic heterocycles. The number of benzene rings is 1. The summed E-state index contributed by atoms with van der Waals surface area (Å²) in [6.45, 7) is 1.33. The third-order valence-electron chi connectivity index (χ3n) is 2.96. The Labute approximate surface area is 109 Å². The van der Waals surface area contributed by atoms with Crippen LogP contribution in [0.1, 0.15) is 10.4 Å². The van der Waals surface area contributed by atoms with Gasteiger partial charge in [-0.05, 0) is 18.2 Å². The third-order valence-corrected chi connectivity index (χ3v) is 3.27. The lowest BCUT2D eigenvalue weighted by Crippen LogP contribution is -2.43. The number of carbonyl (C=O) groups is 1. The zero-order valence-corrected chi connectivity index (χ0v) is 10.6. The molecule has 1 heterocycles. The van der Waals surface area contributed by atoms with E-state index in [0.29, 0.717) is 13.1 Å². The van der Waals surface area contributed by atoms with Gasteiger partial charge in [0.25, 0.3) is 5.91 Å². The predicted molar refractivity (Wildman–Crippen MR) is 66.3 cm³/mol. The molecule has 18 heavy (non-hydrogen) atoms. The van der Waals surface area contributed by atoms with Gasteiger partial charge in [0.2, 0.25) is 0 Å². The van der Waals surface area contributed by atoms with Crippen molar-refractivity contribution in [3.05, 3.63) is 34.6 Å². The summed E-state index contributed by atoms with van der Waals surface area (Å²) in [6.07, 6.45) is -0.0638. The van der Waals surface area contributed by atoms with E-state index < -0.39 is 5.82 Å². The fourth-order valence-corrected chi connectivity index (χ4v) is 2.05. The van der Waals surface area contributed by atoms with Crippen LogP contribution in [0.25, 0.3) is 0 Å². The molecule has 0 spiro atoms. The van der Waals surface area contributed by atoms with Crippen LogP contribution < -0.4 is 10.6 Å². The van der Waals surface area contributed by atoms with Gasteiger partial charge in [-0.1, -0.05) is 11.6 Å². The summed E-state index contributed by atoms with van der Waals surface area (Å²) < 4.78 is 18.5. The molecule has 1 saturated heterocycles. The van der Waals surface area contributed by atoms with Crippen LogP contribution in [-0.2, 0) is 4.74 Å². The summed E-state index contributed by atoms with van der Waals surface area (Å²) in [5, 5.41) is 5.93. The summed E-state index contributed by atoms with van der Waals surface area (Å²) in [6, 6.07) is 3.88. The number of rotatable bonds is 3. The number of halogens is 2. The SMILES string of the molecule is COC1CNCC1NC(=O)c1ccc(Cl)c(F)c1. The molecule has 1 fully saturated rings. The van der Waals surface area contributed by atoms with Gasteiger partial charge in [0.1, 0.15) is 5.82 Å². The Morgan fingerprint density at radius 3 is 3.00 bits per heavy atom. The average Bonchev–Trinajstić information content (AvgIpc) is 2.79. The highest BCUT2D eigenvalue weighted by atomic mass is 35.5. The second-order valence-corrected chi connectivity index (χ2v) is 4.55. The number of ether oxygens (including phenoxy) is 1. The Morgan fingerprint density at radius 1 is 1.56 bits per heavy atom. The first-order valence-corrected chi connectivity index (χ1v) is 5.99. The van der Waals surface area contributed by atoms with E-state index in [1.807, 2.05) is 0 Å². The Hall–Kier alpha value is -1.17. The van der Waals surface area contributed by atoms with Crippen LogP contribution in [0, 0.1) is 5.82 Å². The molecule has 1 amide bonds. The van der Waals surface area contributed by atoms with Crippen molar-refractivity contribution in [1.82, 2.24) is 10.6 Å². The molecular weight excluding hydrogens is 259 g/mol. The smallest absolute Gasteiger partial charge is 0.251 e. The Balaban J connectivity index is 2.05. The molecule has 0 bridgehead atoms. The average molecular weight is 273 g/mol. The van der Waals surface area contributed by atoms with Crippen LogP contribution in [0.4, 0.5) is 4.39 Å². The van der Waals surface area contributed by atoms with Gasteiger partial charge in [-0.3, -0.25) is 4.79 Å². The van der Waals surface area contributed by atoms with Crippen LogP contribution in [0.3, 0.4) is 0 Å². The number of hydrogen-bond donors (Lipinski definition) is 2. The normalized spacial score (nSPS) is 23.1. The molecule has 2 N–H and O–H groups in total. The standard InChI is InChI=1S/C12H14ClFN2O2/c1-18-11-6-15-5-10(11)16-12(17)7-2-3-8(13)9(14)4-7/h2-4,10-11,15H,5-6H2,1H3,(H,16,17). The first-order chi connectivity index (χ1) is 8.61. The first kappa shape index (κ1) is 13.3. The largest absolute Gasteiger partial charge is 0.378 e. The number of methoxy groups -OCH3 is 1. The molecule has 98 valence electrons. The second-order valence-electron chi connectivity index (χ2n) is 4.14. The van der Waals surface area contributed by atoms with Gasteiger partial charge in [-0.2, -0.15) is 0 Å². The lowest BCUT2D eigenvalue weighted by molar-refractivity contribution is 0.0779. The van der Waals surface area contributed by atoms with Crippen molar-refractivity contribution in [2.45, 2.75) is 12.1 Å². The first-order valence-electron chi connectivity index (χ1n) is 5.61. The topological polar surface area (TPSA) is 50.4 Å². The Kier molecular flexibility index (Phi) is 4.16. The molecule has 0 radical (unpaired) electrons. The van der Waals surface area contributed by atoms with Crippen molar-refractivity contribution in [1.29, 1.82) is 0 Å². The van der Waals surface area contributed by atoms with Crippen molar-refractivity contribution >= 4 is 17.5 Å². The molecule has 1 aliphatic rings. The molecule has 1 aromatic rings. The van der Waals surface area contributed by atoms with Gasteiger partial charge in [0.15, 0.2) is 0 Å². The molecule has 2 rings (SSSR count). The molecule has 1 aromatic carbocycles. The molecule has 2 atom stereocenters. The Morgan fingerprint density at radius 2 is 2.33 bits per heavy atom. The lowest BCUT2D eigenvalue weighted by Gasteiger charge is -2.18. The van der Waals surface area contributed by atoms with E-state index in [4.69, 9.17) is 16.3 Å². The van der Waals surface area contributed by atoms with E-state index in [0.717, 1.165) is 6.07 Å². The zero-order valence-electron chi connectivity index (χ0n) is 9.87. The van der Waals surface area contributed by atoms with Crippen molar-refractivity contribution in [3.8, 4) is 0 Å². The number of amides is 1. The molecule has 6 heteroatoms. The number of nitrogens with one attached hydrogen (secondary N) is 2. The molecule has 2 unspecified atom stereocenters. The maximum atomic E-state index is 13.2. The predicted octanol–water partition coefficient (Wildman–Crippen LogP) is 1.20. The molecule has 0 saturated carbocycles. The third kappa shape index (κ3) is 2.80. The zero-order chi connectivity index (χ0) is 13.1. The number of carbonyl (C=O) groups excluding carboxylic acids is 1. The van der Waals surface area contributed by atoms with E-state index in [2.05, 4.69) is 10.6 Å². The summed E-state index contributed by atoms with van der Waals surface area (Å²) in [5.41, 5.74) is 0.249. The van der Waals surface area contributed by atoms with E-state index >= 15 is 0 Å². The lowest BCUT2D eigenvalue weighted by atomic mass is 10.1. The summed E-state index contributed by atoms with van der Waals surface area (Å²) in [4.78, 5) is 11.9. The van der Waals surface area contributed by atoms with Crippen LogP contribution in [-0.4, -0.2) is 38.3 Å². The van der Waals surface area contributed by atoms with Gasteiger partial charge in [0.05, 0.1) is 17.2 Å². The van der Waals surface area contributed by atoms with Crippen molar-refractivity contribution in [2.75, 3.05) is 20.2 Å². The van der Waals surface area contributed by atoms with Crippen LogP contribution in [0.15, 0.2) is 18.2 Å². The van der Waals surface area contributed by atoms with Crippen LogP contribution in [0.5, 0.6) is 0 Å². The van der Waals surface area contributed by atoms with Crippen LogP contribution >= 0.6 is 11.6 Å². The minimum absolute atomic E-state index is 0.00357. The quantitative estimate of drug-likeness (QED) is 0.869. The van der Waals surface area contributed by atoms with Crippen molar-refractivity contribution in [3.63, 3.8) is 0 Å². The highest BCUT2D eigenvalue weighted by molar-refractivity contribution is 6.30. The monoisotopic (exact) mass is 272 g/mol. The highest BCUT2D eigenvalue weighted by Gasteiger charge is 2.28. The summed E-state index contributed by atoms with van der Waals surface area (Å²) in [7, 11) is 1.60. The summed E-state index contributed by atoms with van der Waals surface area (Å²) >= 11 is 5.56. The fourth-order valence-electron chi connectivity index (χ4n) is 1.94. The minimum atomic E-state index is -0.600. The van der Waals surface area contributed by atoms with Crippen molar-refractivity contribution < 1.29 is 13.9 Å². The maximum Gasteiger partial charge on any atom is 0.251 e. The molecule has 4 nitrogen and oxygen atoms in total. The maximum absolute atomic E-state index is 13.2. The van der Waals surface area contributed by atoms with E-state index in [1.54, 1.807) is 7.11 Å². The van der Waals surface area contributed by atoms with Gasteiger partial charge < -0.3 is 15.4 Å². The molecule has 0 aliphatic carbocycles. The van der Waals surface area contributed by atoms with Crippen molar-refractivity contribution in [2.24, 2.45) is 0 Å². The molecular formula is C12H14ClFN2O2. The summed E-state index contributed by atoms with van der Waals surface area (Å²) in [5.74, 6) is -0.932. The fraction of sp³-hybridized carbons (Fsp3) is 0.417. The van der Waals surface area contributed by atoms with Gasteiger partial charge in [-0.25, -0.2) is 4.39 Å². The van der Waals surface area contributed by atoms with Crippen LogP contribution in [0.2, 0.25) is 5.02 Å². The van der Waals surface area contributed by atoms with E-state index in [9.17, 15) is 9.18 Å². The minimum Gasteiger partial charge on any atom is -0.378 e. The highest BCUT2D eigenvalue weighted by Crippen LogP contribution is 2.16. The molecule has 0 aromatic heterocycles. The number of hydrogen-bond acceptors (Lipinski definition) is 3. The van der Waals surface area contributed by atoms with Gasteiger partial charge >= 0.3 is 0 Å². The van der Waals surface area contributed by atoms with E-state index in [1.165, 1.54) is 12.1 Å². The van der Waals surface area contributed by atoms with E-state index in [-0.39, 0.29) is 28.6 Å².